The van der Waals surface area contributed by atoms with E-state index in [-0.39, 0.29) is 23.8 Å². The summed E-state index contributed by atoms with van der Waals surface area (Å²) >= 11 is 6.26. The molecule has 5 nitrogen and oxygen atoms in total. The zero-order chi connectivity index (χ0) is 19.0. The van der Waals surface area contributed by atoms with Gasteiger partial charge in [-0.15, -0.1) is 0 Å². The SMILES string of the molecule is O=C(O)C1CCN([C@H]2C(=O)Nc3ccc(Cl)cc3[C@H]2c2ccccc2)CC1. The van der Waals surface area contributed by atoms with Crippen LogP contribution < -0.4 is 5.32 Å². The van der Waals surface area contributed by atoms with Crippen LogP contribution in [-0.4, -0.2) is 41.0 Å². The highest BCUT2D eigenvalue weighted by Crippen LogP contribution is 2.41. The summed E-state index contributed by atoms with van der Waals surface area (Å²) in [5.74, 6) is -1.27. The molecule has 0 saturated carbocycles. The molecule has 1 fully saturated rings. The van der Waals surface area contributed by atoms with Crippen molar-refractivity contribution in [3.63, 3.8) is 0 Å². The summed E-state index contributed by atoms with van der Waals surface area (Å²) in [5.41, 5.74) is 2.84. The van der Waals surface area contributed by atoms with Gasteiger partial charge in [0.05, 0.1) is 5.92 Å². The highest BCUT2D eigenvalue weighted by molar-refractivity contribution is 6.30. The first kappa shape index (κ1) is 18.0. The van der Waals surface area contributed by atoms with Gasteiger partial charge in [-0.3, -0.25) is 14.5 Å². The molecule has 6 heteroatoms. The number of hydrogen-bond donors (Lipinski definition) is 2. The molecule has 0 aromatic heterocycles. The number of carboxylic acids is 1. The summed E-state index contributed by atoms with van der Waals surface area (Å²) in [5, 5.41) is 12.9. The summed E-state index contributed by atoms with van der Waals surface area (Å²) in [6.45, 7) is 1.18. The molecular weight excluding hydrogens is 364 g/mol. The van der Waals surface area contributed by atoms with Crippen LogP contribution in [0.4, 0.5) is 5.69 Å². The van der Waals surface area contributed by atoms with Gasteiger partial charge in [0.1, 0.15) is 6.04 Å². The fourth-order valence-corrected chi connectivity index (χ4v) is 4.44. The van der Waals surface area contributed by atoms with Gasteiger partial charge in [-0.1, -0.05) is 41.9 Å². The number of nitrogens with one attached hydrogen (secondary N) is 1. The van der Waals surface area contributed by atoms with Crippen LogP contribution in [0.3, 0.4) is 0 Å². The molecule has 2 heterocycles. The van der Waals surface area contributed by atoms with Crippen molar-refractivity contribution in [1.29, 1.82) is 0 Å². The fraction of sp³-hybridized carbons (Fsp3) is 0.333. The minimum atomic E-state index is -0.750. The molecule has 0 spiro atoms. The molecule has 2 aliphatic heterocycles. The van der Waals surface area contributed by atoms with Gasteiger partial charge in [-0.05, 0) is 55.3 Å². The summed E-state index contributed by atoms with van der Waals surface area (Å²) in [4.78, 5) is 26.4. The van der Waals surface area contributed by atoms with Gasteiger partial charge in [-0.25, -0.2) is 0 Å². The van der Waals surface area contributed by atoms with Gasteiger partial charge in [0.25, 0.3) is 0 Å². The minimum absolute atomic E-state index is 0.0487. The third-order valence-corrected chi connectivity index (χ3v) is 5.86. The molecule has 0 bridgehead atoms. The summed E-state index contributed by atoms with van der Waals surface area (Å²) < 4.78 is 0. The molecule has 2 aromatic carbocycles. The first-order valence-electron chi connectivity index (χ1n) is 9.16. The van der Waals surface area contributed by atoms with Gasteiger partial charge < -0.3 is 10.4 Å². The van der Waals surface area contributed by atoms with Crippen LogP contribution in [0, 0.1) is 5.92 Å². The Balaban J connectivity index is 1.73. The van der Waals surface area contributed by atoms with E-state index >= 15 is 0 Å². The van der Waals surface area contributed by atoms with E-state index in [4.69, 9.17) is 11.6 Å². The van der Waals surface area contributed by atoms with Gasteiger partial charge in [0.2, 0.25) is 5.91 Å². The number of hydrogen-bond acceptors (Lipinski definition) is 3. The molecule has 2 N–H and O–H groups in total. The molecule has 1 saturated heterocycles. The van der Waals surface area contributed by atoms with E-state index in [0.29, 0.717) is 31.0 Å². The van der Waals surface area contributed by atoms with Crippen LogP contribution in [0.5, 0.6) is 0 Å². The minimum Gasteiger partial charge on any atom is -0.481 e. The lowest BCUT2D eigenvalue weighted by atomic mass is 9.79. The van der Waals surface area contributed by atoms with Crippen molar-refractivity contribution in [2.24, 2.45) is 5.92 Å². The lowest BCUT2D eigenvalue weighted by Gasteiger charge is -2.42. The predicted molar refractivity (Wildman–Crippen MR) is 104 cm³/mol. The average molecular weight is 385 g/mol. The predicted octanol–water partition coefficient (Wildman–Crippen LogP) is 3.59. The normalized spacial score (nSPS) is 23.5. The van der Waals surface area contributed by atoms with E-state index in [9.17, 15) is 14.7 Å². The van der Waals surface area contributed by atoms with E-state index in [2.05, 4.69) is 10.2 Å². The van der Waals surface area contributed by atoms with Crippen molar-refractivity contribution in [2.75, 3.05) is 18.4 Å². The van der Waals surface area contributed by atoms with Crippen LogP contribution in [0.15, 0.2) is 48.5 Å². The number of piperidine rings is 1. The molecule has 2 aliphatic rings. The average Bonchev–Trinajstić information content (AvgIpc) is 2.68. The molecule has 0 radical (unpaired) electrons. The van der Waals surface area contributed by atoms with Crippen LogP contribution >= 0.6 is 11.6 Å². The number of carbonyl (C=O) groups is 2. The number of rotatable bonds is 3. The van der Waals surface area contributed by atoms with Crippen molar-refractivity contribution < 1.29 is 14.7 Å². The number of benzene rings is 2. The van der Waals surface area contributed by atoms with Crippen molar-refractivity contribution in [2.45, 2.75) is 24.8 Å². The molecule has 2 aromatic rings. The lowest BCUT2D eigenvalue weighted by Crippen LogP contribution is -2.53. The highest BCUT2D eigenvalue weighted by atomic mass is 35.5. The maximum absolute atomic E-state index is 13.0. The second-order valence-electron chi connectivity index (χ2n) is 7.20. The Morgan fingerprint density at radius 1 is 1.11 bits per heavy atom. The number of aliphatic carboxylic acids is 1. The van der Waals surface area contributed by atoms with Gasteiger partial charge in [0, 0.05) is 16.6 Å². The molecule has 0 unspecified atom stereocenters. The Kier molecular flexibility index (Phi) is 4.89. The Morgan fingerprint density at radius 3 is 2.48 bits per heavy atom. The number of fused-ring (bicyclic) bond motifs is 1. The maximum Gasteiger partial charge on any atom is 0.306 e. The Hall–Kier alpha value is -2.37. The van der Waals surface area contributed by atoms with Crippen LogP contribution in [0.1, 0.15) is 29.9 Å². The zero-order valence-corrected chi connectivity index (χ0v) is 15.5. The zero-order valence-electron chi connectivity index (χ0n) is 14.8. The van der Waals surface area contributed by atoms with Crippen molar-refractivity contribution >= 4 is 29.2 Å². The first-order chi connectivity index (χ1) is 13.0. The first-order valence-corrected chi connectivity index (χ1v) is 9.54. The highest BCUT2D eigenvalue weighted by Gasteiger charge is 2.42. The van der Waals surface area contributed by atoms with Gasteiger partial charge in [0.15, 0.2) is 0 Å². The van der Waals surface area contributed by atoms with Crippen LogP contribution in [0.2, 0.25) is 5.02 Å². The second kappa shape index (κ2) is 7.33. The maximum atomic E-state index is 13.0. The summed E-state index contributed by atoms with van der Waals surface area (Å²) in [6.07, 6.45) is 1.12. The fourth-order valence-electron chi connectivity index (χ4n) is 4.26. The largest absolute Gasteiger partial charge is 0.481 e. The molecule has 1 amide bonds. The van der Waals surface area contributed by atoms with E-state index in [1.165, 1.54) is 0 Å². The summed E-state index contributed by atoms with van der Waals surface area (Å²) in [6, 6.07) is 15.1. The topological polar surface area (TPSA) is 69.6 Å². The molecule has 0 aliphatic carbocycles. The monoisotopic (exact) mass is 384 g/mol. The Labute approximate surface area is 162 Å². The van der Waals surface area contributed by atoms with Crippen molar-refractivity contribution in [1.82, 2.24) is 4.90 Å². The van der Waals surface area contributed by atoms with E-state index in [1.807, 2.05) is 42.5 Å². The number of carbonyl (C=O) groups excluding carboxylic acids is 1. The molecule has 27 heavy (non-hydrogen) atoms. The smallest absolute Gasteiger partial charge is 0.306 e. The molecule has 4 rings (SSSR count). The van der Waals surface area contributed by atoms with E-state index < -0.39 is 5.97 Å². The molecular formula is C21H21ClN2O3. The third-order valence-electron chi connectivity index (χ3n) is 5.62. The molecule has 2 atom stereocenters. The number of amides is 1. The van der Waals surface area contributed by atoms with Gasteiger partial charge in [-0.2, -0.15) is 0 Å². The number of halogens is 1. The van der Waals surface area contributed by atoms with Crippen molar-refractivity contribution in [3.8, 4) is 0 Å². The number of anilines is 1. The van der Waals surface area contributed by atoms with Crippen LogP contribution in [-0.2, 0) is 9.59 Å². The van der Waals surface area contributed by atoms with Gasteiger partial charge >= 0.3 is 5.97 Å². The summed E-state index contributed by atoms with van der Waals surface area (Å²) in [7, 11) is 0. The lowest BCUT2D eigenvalue weighted by molar-refractivity contribution is -0.143. The molecule has 140 valence electrons. The third kappa shape index (κ3) is 3.45. The standard InChI is InChI=1S/C21H21ClN2O3/c22-15-6-7-17-16(12-15)18(13-4-2-1-3-5-13)19(20(25)23-17)24-10-8-14(9-11-24)21(26)27/h1-7,12,14,18-19H,8-11H2,(H,23,25)(H,26,27)/t18-,19-/m1/s1. The van der Waals surface area contributed by atoms with Crippen molar-refractivity contribution in [3.05, 3.63) is 64.7 Å². The number of nitrogens with zero attached hydrogens (tertiary/aromatic N) is 1. The Morgan fingerprint density at radius 2 is 1.81 bits per heavy atom. The van der Waals surface area contributed by atoms with E-state index in [0.717, 1.165) is 16.8 Å². The Bertz CT molecular complexity index is 863. The number of carboxylic acid groups (broad SMARTS) is 1. The number of likely N-dealkylation sites (tertiary alicyclic amines) is 1. The second-order valence-corrected chi connectivity index (χ2v) is 7.64. The van der Waals surface area contributed by atoms with E-state index in [1.54, 1.807) is 6.07 Å². The van der Waals surface area contributed by atoms with Crippen LogP contribution in [0.25, 0.3) is 0 Å². The quantitative estimate of drug-likeness (QED) is 0.848.